The van der Waals surface area contributed by atoms with Crippen molar-refractivity contribution >= 4 is 11.9 Å². The maximum Gasteiger partial charge on any atom is 0.309 e. The van der Waals surface area contributed by atoms with E-state index in [9.17, 15) is 9.59 Å². The van der Waals surface area contributed by atoms with Crippen LogP contribution in [0.5, 0.6) is 0 Å². The predicted octanol–water partition coefficient (Wildman–Crippen LogP) is 2.27. The summed E-state index contributed by atoms with van der Waals surface area (Å²) in [6, 6.07) is 1.82. The first-order valence-electron chi connectivity index (χ1n) is 6.49. The third-order valence-corrected chi connectivity index (χ3v) is 3.57. The topological polar surface area (TPSA) is 79.5 Å². The van der Waals surface area contributed by atoms with Crippen LogP contribution in [0.4, 0.5) is 0 Å². The number of carbonyl (C=O) groups is 2. The lowest BCUT2D eigenvalue weighted by atomic mass is 9.88. The molecule has 1 aromatic heterocycles. The van der Waals surface area contributed by atoms with Crippen molar-refractivity contribution in [3.63, 3.8) is 0 Å². The van der Waals surface area contributed by atoms with Crippen LogP contribution < -0.4 is 5.32 Å². The molecule has 0 bridgehead atoms. The highest BCUT2D eigenvalue weighted by Crippen LogP contribution is 2.31. The largest absolute Gasteiger partial charge is 0.481 e. The Balaban J connectivity index is 2.00. The van der Waals surface area contributed by atoms with Gasteiger partial charge in [-0.2, -0.15) is 0 Å². The molecule has 5 heteroatoms. The van der Waals surface area contributed by atoms with E-state index >= 15 is 0 Å². The Hall–Kier alpha value is -1.78. The molecule has 1 atom stereocenters. The second kappa shape index (κ2) is 5.07. The van der Waals surface area contributed by atoms with Gasteiger partial charge in [-0.15, -0.1) is 0 Å². The van der Waals surface area contributed by atoms with E-state index in [0.717, 1.165) is 30.6 Å². The zero-order valence-electron chi connectivity index (χ0n) is 11.2. The van der Waals surface area contributed by atoms with E-state index in [0.29, 0.717) is 0 Å². The lowest BCUT2D eigenvalue weighted by molar-refractivity contribution is -0.149. The minimum absolute atomic E-state index is 0.0218. The molecule has 0 spiro atoms. The number of aliphatic carboxylic acids is 1. The van der Waals surface area contributed by atoms with E-state index in [1.54, 1.807) is 20.1 Å². The molecule has 1 heterocycles. The van der Waals surface area contributed by atoms with Gasteiger partial charge in [-0.1, -0.05) is 0 Å². The second-order valence-electron chi connectivity index (χ2n) is 5.68. The standard InChI is InChI=1S/C14H19NO4/c1-14(2,13(17)18)8-12(16)15-10-4-3-5-11-9(10)6-7-19-11/h6-7,10H,3-5,8H2,1-2H3,(H,15,16)(H,17,18). The molecule has 104 valence electrons. The molecular weight excluding hydrogens is 246 g/mol. The summed E-state index contributed by atoms with van der Waals surface area (Å²) in [4.78, 5) is 23.0. The van der Waals surface area contributed by atoms with Crippen LogP contribution in [0.1, 0.15) is 50.5 Å². The fraction of sp³-hybridized carbons (Fsp3) is 0.571. The Morgan fingerprint density at radius 2 is 2.26 bits per heavy atom. The number of rotatable bonds is 4. The summed E-state index contributed by atoms with van der Waals surface area (Å²) in [6.45, 7) is 3.11. The molecular formula is C14H19NO4. The molecule has 2 N–H and O–H groups in total. The number of carbonyl (C=O) groups excluding carboxylic acids is 1. The van der Waals surface area contributed by atoms with Crippen LogP contribution in [-0.4, -0.2) is 17.0 Å². The van der Waals surface area contributed by atoms with Crippen LogP contribution in [0.2, 0.25) is 0 Å². The second-order valence-corrected chi connectivity index (χ2v) is 5.68. The van der Waals surface area contributed by atoms with E-state index in [1.807, 2.05) is 6.07 Å². The molecule has 1 aliphatic rings. The summed E-state index contributed by atoms with van der Waals surface area (Å²) in [5, 5.41) is 11.9. The minimum Gasteiger partial charge on any atom is -0.481 e. The molecule has 1 unspecified atom stereocenters. The molecule has 0 aliphatic heterocycles. The van der Waals surface area contributed by atoms with Crippen molar-refractivity contribution in [3.8, 4) is 0 Å². The highest BCUT2D eigenvalue weighted by atomic mass is 16.4. The summed E-state index contributed by atoms with van der Waals surface area (Å²) in [5.41, 5.74) is -0.0226. The molecule has 1 amide bonds. The van der Waals surface area contributed by atoms with Crippen molar-refractivity contribution in [1.29, 1.82) is 0 Å². The first-order valence-corrected chi connectivity index (χ1v) is 6.49. The van der Waals surface area contributed by atoms with Crippen LogP contribution in [0.25, 0.3) is 0 Å². The Labute approximate surface area is 112 Å². The summed E-state index contributed by atoms with van der Waals surface area (Å²) >= 11 is 0. The normalized spacial score (nSPS) is 18.7. The van der Waals surface area contributed by atoms with Crippen LogP contribution in [0, 0.1) is 5.41 Å². The van der Waals surface area contributed by atoms with Crippen molar-refractivity contribution in [1.82, 2.24) is 5.32 Å². The predicted molar refractivity (Wildman–Crippen MR) is 68.6 cm³/mol. The van der Waals surface area contributed by atoms with Crippen LogP contribution >= 0.6 is 0 Å². The van der Waals surface area contributed by atoms with Gasteiger partial charge in [0.1, 0.15) is 5.76 Å². The molecule has 5 nitrogen and oxygen atoms in total. The first-order chi connectivity index (χ1) is 8.90. The fourth-order valence-electron chi connectivity index (χ4n) is 2.36. The lowest BCUT2D eigenvalue weighted by Crippen LogP contribution is -2.36. The first kappa shape index (κ1) is 13.6. The highest BCUT2D eigenvalue weighted by Gasteiger charge is 2.32. The van der Waals surface area contributed by atoms with Gasteiger partial charge in [0.25, 0.3) is 0 Å². The fourth-order valence-corrected chi connectivity index (χ4v) is 2.36. The average Bonchev–Trinajstić information content (AvgIpc) is 2.77. The monoisotopic (exact) mass is 265 g/mol. The van der Waals surface area contributed by atoms with Gasteiger partial charge >= 0.3 is 5.97 Å². The Kier molecular flexibility index (Phi) is 3.64. The number of carboxylic acid groups (broad SMARTS) is 1. The quantitative estimate of drug-likeness (QED) is 0.875. The number of furan rings is 1. The molecule has 1 aromatic rings. The maximum atomic E-state index is 12.0. The van der Waals surface area contributed by atoms with E-state index in [1.165, 1.54) is 0 Å². The molecule has 19 heavy (non-hydrogen) atoms. The van der Waals surface area contributed by atoms with Crippen LogP contribution in [0.15, 0.2) is 16.7 Å². The van der Waals surface area contributed by atoms with Gasteiger partial charge in [0, 0.05) is 18.4 Å². The molecule has 0 saturated heterocycles. The molecule has 2 rings (SSSR count). The Bertz CT molecular complexity index is 489. The minimum atomic E-state index is -1.04. The molecule has 0 aromatic carbocycles. The summed E-state index contributed by atoms with van der Waals surface area (Å²) in [7, 11) is 0. The third-order valence-electron chi connectivity index (χ3n) is 3.57. The summed E-state index contributed by atoms with van der Waals surface area (Å²) < 4.78 is 5.36. The Morgan fingerprint density at radius 3 is 2.95 bits per heavy atom. The van der Waals surface area contributed by atoms with Gasteiger partial charge in [0.05, 0.1) is 17.7 Å². The third kappa shape index (κ3) is 2.97. The molecule has 0 radical (unpaired) electrons. The number of aryl methyl sites for hydroxylation is 1. The van der Waals surface area contributed by atoms with Gasteiger partial charge in [-0.05, 0) is 32.8 Å². The van der Waals surface area contributed by atoms with Crippen molar-refractivity contribution in [2.75, 3.05) is 0 Å². The van der Waals surface area contributed by atoms with Crippen LogP contribution in [0.3, 0.4) is 0 Å². The summed E-state index contributed by atoms with van der Waals surface area (Å²) in [6.07, 6.45) is 4.34. The van der Waals surface area contributed by atoms with E-state index in [-0.39, 0.29) is 18.4 Å². The van der Waals surface area contributed by atoms with Gasteiger partial charge in [-0.3, -0.25) is 9.59 Å². The van der Waals surface area contributed by atoms with Gasteiger partial charge in [0.2, 0.25) is 5.91 Å². The molecule has 1 aliphatic carbocycles. The smallest absolute Gasteiger partial charge is 0.309 e. The number of nitrogens with one attached hydrogen (secondary N) is 1. The molecule has 0 fully saturated rings. The average molecular weight is 265 g/mol. The summed E-state index contributed by atoms with van der Waals surface area (Å²) in [5.74, 6) is -0.268. The number of hydrogen-bond donors (Lipinski definition) is 2. The SMILES string of the molecule is CC(C)(CC(=O)NC1CCCc2occc21)C(=O)O. The number of fused-ring (bicyclic) bond motifs is 1. The van der Waals surface area contributed by atoms with Crippen molar-refractivity contribution in [2.24, 2.45) is 5.41 Å². The van der Waals surface area contributed by atoms with Crippen LogP contribution in [-0.2, 0) is 16.0 Å². The zero-order valence-corrected chi connectivity index (χ0v) is 11.2. The Morgan fingerprint density at radius 1 is 1.53 bits per heavy atom. The van der Waals surface area contributed by atoms with E-state index in [2.05, 4.69) is 5.32 Å². The maximum absolute atomic E-state index is 12.0. The van der Waals surface area contributed by atoms with Crippen molar-refractivity contribution in [2.45, 2.75) is 45.6 Å². The van der Waals surface area contributed by atoms with Gasteiger partial charge in [-0.25, -0.2) is 0 Å². The van der Waals surface area contributed by atoms with Crippen molar-refractivity contribution in [3.05, 3.63) is 23.7 Å². The number of amides is 1. The van der Waals surface area contributed by atoms with E-state index < -0.39 is 11.4 Å². The zero-order chi connectivity index (χ0) is 14.0. The van der Waals surface area contributed by atoms with E-state index in [4.69, 9.17) is 9.52 Å². The highest BCUT2D eigenvalue weighted by molar-refractivity contribution is 5.84. The number of hydrogen-bond acceptors (Lipinski definition) is 3. The van der Waals surface area contributed by atoms with Gasteiger partial charge in [0.15, 0.2) is 0 Å². The van der Waals surface area contributed by atoms with Gasteiger partial charge < -0.3 is 14.8 Å². The number of carboxylic acids is 1. The van der Waals surface area contributed by atoms with Crippen molar-refractivity contribution < 1.29 is 19.1 Å². The molecule has 0 saturated carbocycles. The lowest BCUT2D eigenvalue weighted by Gasteiger charge is -2.25.